The first-order valence-electron chi connectivity index (χ1n) is 4.87. The highest BCUT2D eigenvalue weighted by atomic mass is 79.9. The Kier molecular flexibility index (Phi) is 3.54. The first-order valence-corrected chi connectivity index (χ1v) is 5.66. The first-order chi connectivity index (χ1) is 7.78. The largest absolute Gasteiger partial charge is 0.439 e. The molecule has 4 heteroatoms. The number of rotatable bonds is 3. The monoisotopic (exact) mass is 278 g/mol. The molecule has 0 aliphatic heterocycles. The van der Waals surface area contributed by atoms with Crippen LogP contribution in [0.15, 0.2) is 46.9 Å². The van der Waals surface area contributed by atoms with Gasteiger partial charge in [-0.1, -0.05) is 22.0 Å². The predicted octanol–water partition coefficient (Wildman–Crippen LogP) is 3.10. The zero-order valence-electron chi connectivity index (χ0n) is 8.56. The normalized spacial score (nSPS) is 10.1. The van der Waals surface area contributed by atoms with E-state index in [1.807, 2.05) is 36.4 Å². The smallest absolute Gasteiger partial charge is 0.219 e. The summed E-state index contributed by atoms with van der Waals surface area (Å²) in [7, 11) is 0. The Balaban J connectivity index is 2.16. The van der Waals surface area contributed by atoms with Gasteiger partial charge in [0.1, 0.15) is 5.75 Å². The summed E-state index contributed by atoms with van der Waals surface area (Å²) in [5, 5.41) is 0. The van der Waals surface area contributed by atoms with Crippen molar-refractivity contribution in [3.8, 4) is 11.6 Å². The van der Waals surface area contributed by atoms with E-state index in [4.69, 9.17) is 10.5 Å². The molecule has 2 N–H and O–H groups in total. The van der Waals surface area contributed by atoms with Crippen molar-refractivity contribution in [3.05, 3.63) is 52.6 Å². The summed E-state index contributed by atoms with van der Waals surface area (Å²) in [6.45, 7) is 0.414. The summed E-state index contributed by atoms with van der Waals surface area (Å²) in [4.78, 5) is 4.25. The van der Waals surface area contributed by atoms with Crippen molar-refractivity contribution in [1.82, 2.24) is 4.98 Å². The number of hydrogen-bond acceptors (Lipinski definition) is 3. The minimum absolute atomic E-state index is 0.414. The van der Waals surface area contributed by atoms with Gasteiger partial charge in [0, 0.05) is 17.1 Å². The van der Waals surface area contributed by atoms with Crippen molar-refractivity contribution < 1.29 is 4.74 Å². The Hall–Kier alpha value is -1.39. The van der Waals surface area contributed by atoms with Gasteiger partial charge in [-0.2, -0.15) is 0 Å². The van der Waals surface area contributed by atoms with Crippen molar-refractivity contribution >= 4 is 15.9 Å². The van der Waals surface area contributed by atoms with Gasteiger partial charge in [0.05, 0.1) is 5.69 Å². The third kappa shape index (κ3) is 2.81. The summed E-state index contributed by atoms with van der Waals surface area (Å²) in [6.07, 6.45) is 0. The number of nitrogens with zero attached hydrogens (tertiary/aromatic N) is 1. The molecule has 0 fully saturated rings. The topological polar surface area (TPSA) is 48.1 Å². The molecule has 82 valence electrons. The SMILES string of the molecule is NCc1cccc(Oc2ccc(Br)cc2)n1. The molecule has 0 unspecified atom stereocenters. The molecule has 0 bridgehead atoms. The molecule has 0 aliphatic carbocycles. The van der Waals surface area contributed by atoms with E-state index in [2.05, 4.69) is 20.9 Å². The zero-order valence-corrected chi connectivity index (χ0v) is 10.1. The van der Waals surface area contributed by atoms with Crippen LogP contribution in [0, 0.1) is 0 Å². The summed E-state index contributed by atoms with van der Waals surface area (Å²) in [6, 6.07) is 13.1. The second-order valence-corrected chi connectivity index (χ2v) is 4.14. The van der Waals surface area contributed by atoms with Crippen LogP contribution in [0.3, 0.4) is 0 Å². The highest BCUT2D eigenvalue weighted by Crippen LogP contribution is 2.21. The summed E-state index contributed by atoms with van der Waals surface area (Å²) < 4.78 is 6.61. The summed E-state index contributed by atoms with van der Waals surface area (Å²) >= 11 is 3.37. The molecule has 16 heavy (non-hydrogen) atoms. The quantitative estimate of drug-likeness (QED) is 0.939. The van der Waals surface area contributed by atoms with Crippen molar-refractivity contribution in [1.29, 1.82) is 0 Å². The first kappa shape index (κ1) is 11.1. The molecule has 3 nitrogen and oxygen atoms in total. The van der Waals surface area contributed by atoms with E-state index < -0.39 is 0 Å². The maximum Gasteiger partial charge on any atom is 0.219 e. The van der Waals surface area contributed by atoms with E-state index in [-0.39, 0.29) is 0 Å². The molecular weight excluding hydrogens is 268 g/mol. The minimum atomic E-state index is 0.414. The van der Waals surface area contributed by atoms with Gasteiger partial charge in [-0.05, 0) is 30.3 Å². The molecule has 0 spiro atoms. The van der Waals surface area contributed by atoms with E-state index in [9.17, 15) is 0 Å². The van der Waals surface area contributed by atoms with E-state index >= 15 is 0 Å². The fraction of sp³-hybridized carbons (Fsp3) is 0.0833. The molecule has 2 rings (SSSR count). The summed E-state index contributed by atoms with van der Waals surface area (Å²) in [5.74, 6) is 1.31. The lowest BCUT2D eigenvalue weighted by atomic mass is 10.3. The van der Waals surface area contributed by atoms with Gasteiger partial charge >= 0.3 is 0 Å². The highest BCUT2D eigenvalue weighted by molar-refractivity contribution is 9.10. The molecule has 0 amide bonds. The highest BCUT2D eigenvalue weighted by Gasteiger charge is 1.99. The number of nitrogens with two attached hydrogens (primary N) is 1. The van der Waals surface area contributed by atoms with E-state index in [1.54, 1.807) is 6.07 Å². The van der Waals surface area contributed by atoms with E-state index in [0.717, 1.165) is 15.9 Å². The number of halogens is 1. The lowest BCUT2D eigenvalue weighted by molar-refractivity contribution is 0.460. The average molecular weight is 279 g/mol. The second-order valence-electron chi connectivity index (χ2n) is 3.23. The lowest BCUT2D eigenvalue weighted by Crippen LogP contribution is -1.99. The van der Waals surface area contributed by atoms with Gasteiger partial charge in [0.25, 0.3) is 0 Å². The number of pyridine rings is 1. The van der Waals surface area contributed by atoms with Gasteiger partial charge in [-0.15, -0.1) is 0 Å². The third-order valence-corrected chi connectivity index (χ3v) is 2.56. The van der Waals surface area contributed by atoms with Gasteiger partial charge in [-0.3, -0.25) is 0 Å². The molecule has 1 aromatic heterocycles. The second kappa shape index (κ2) is 5.09. The Morgan fingerprint density at radius 1 is 1.12 bits per heavy atom. The minimum Gasteiger partial charge on any atom is -0.439 e. The van der Waals surface area contributed by atoms with Crippen LogP contribution in [-0.4, -0.2) is 4.98 Å². The average Bonchev–Trinajstić information content (AvgIpc) is 2.32. The number of aromatic nitrogens is 1. The van der Waals surface area contributed by atoms with Gasteiger partial charge in [0.15, 0.2) is 0 Å². The van der Waals surface area contributed by atoms with Crippen LogP contribution < -0.4 is 10.5 Å². The van der Waals surface area contributed by atoms with Crippen LogP contribution in [0.5, 0.6) is 11.6 Å². The molecule has 1 aromatic carbocycles. The van der Waals surface area contributed by atoms with Crippen molar-refractivity contribution in [2.24, 2.45) is 5.73 Å². The van der Waals surface area contributed by atoms with Gasteiger partial charge < -0.3 is 10.5 Å². The van der Waals surface area contributed by atoms with Crippen LogP contribution >= 0.6 is 15.9 Å². The predicted molar refractivity (Wildman–Crippen MR) is 66.3 cm³/mol. The van der Waals surface area contributed by atoms with Crippen LogP contribution in [0.2, 0.25) is 0 Å². The van der Waals surface area contributed by atoms with Gasteiger partial charge in [-0.25, -0.2) is 4.98 Å². The Morgan fingerprint density at radius 2 is 1.88 bits per heavy atom. The summed E-state index contributed by atoms with van der Waals surface area (Å²) in [5.41, 5.74) is 6.32. The number of benzene rings is 1. The van der Waals surface area contributed by atoms with Crippen LogP contribution in [0.4, 0.5) is 0 Å². The number of ether oxygens (including phenoxy) is 1. The van der Waals surface area contributed by atoms with Crippen molar-refractivity contribution in [2.75, 3.05) is 0 Å². The fourth-order valence-electron chi connectivity index (χ4n) is 1.25. The molecule has 0 saturated heterocycles. The van der Waals surface area contributed by atoms with Crippen LogP contribution in [0.25, 0.3) is 0 Å². The van der Waals surface area contributed by atoms with Crippen LogP contribution in [0.1, 0.15) is 5.69 Å². The standard InChI is InChI=1S/C12H11BrN2O/c13-9-4-6-11(7-5-9)16-12-3-1-2-10(8-14)15-12/h1-7H,8,14H2. The molecule has 0 saturated carbocycles. The molecule has 0 atom stereocenters. The maximum absolute atomic E-state index is 5.59. The molecule has 1 heterocycles. The Labute approximate surface area is 102 Å². The molecule has 2 aromatic rings. The van der Waals surface area contributed by atoms with Crippen molar-refractivity contribution in [2.45, 2.75) is 6.54 Å². The lowest BCUT2D eigenvalue weighted by Gasteiger charge is -2.05. The van der Waals surface area contributed by atoms with E-state index in [1.165, 1.54) is 0 Å². The zero-order chi connectivity index (χ0) is 11.4. The Bertz CT molecular complexity index is 471. The number of hydrogen-bond donors (Lipinski definition) is 1. The Morgan fingerprint density at radius 3 is 2.56 bits per heavy atom. The van der Waals surface area contributed by atoms with E-state index in [0.29, 0.717) is 12.4 Å². The maximum atomic E-state index is 5.59. The van der Waals surface area contributed by atoms with Crippen LogP contribution in [-0.2, 0) is 6.54 Å². The third-order valence-electron chi connectivity index (χ3n) is 2.03. The fourth-order valence-corrected chi connectivity index (χ4v) is 1.52. The van der Waals surface area contributed by atoms with Crippen molar-refractivity contribution in [3.63, 3.8) is 0 Å². The molecule has 0 aliphatic rings. The van der Waals surface area contributed by atoms with Gasteiger partial charge in [0.2, 0.25) is 5.88 Å². The molecule has 0 radical (unpaired) electrons. The molecular formula is C12H11BrN2O.